The van der Waals surface area contributed by atoms with Gasteiger partial charge in [-0.25, -0.2) is 4.39 Å². The molecule has 0 bridgehead atoms. The Bertz CT molecular complexity index is 1030. The van der Waals surface area contributed by atoms with Crippen LogP contribution in [0.1, 0.15) is 37.3 Å². The normalized spacial score (nSPS) is 14.4. The molecule has 3 rings (SSSR count). The van der Waals surface area contributed by atoms with E-state index in [2.05, 4.69) is 5.32 Å². The topological polar surface area (TPSA) is 58.6 Å². The molecule has 0 unspecified atom stereocenters. The number of ether oxygens (including phenoxy) is 1. The van der Waals surface area contributed by atoms with Crippen molar-refractivity contribution < 1.29 is 31.9 Å². The van der Waals surface area contributed by atoms with Crippen molar-refractivity contribution in [3.8, 4) is 0 Å². The molecule has 1 aliphatic rings. The lowest BCUT2D eigenvalue weighted by Crippen LogP contribution is -2.34. The number of unbranched alkanes of at least 4 members (excludes halogenated alkanes) is 1. The van der Waals surface area contributed by atoms with Crippen molar-refractivity contribution in [1.82, 2.24) is 4.90 Å². The molecule has 0 aliphatic carbocycles. The first kappa shape index (κ1) is 24.4. The SMILES string of the molecule is CCCCOCCCN1C(=O)C(Nc2cccc(C(F)(F)F)c2)=C(c2ccc(F)cc2)C1=O. The van der Waals surface area contributed by atoms with Crippen molar-refractivity contribution >= 4 is 23.1 Å². The molecular weight excluding hydrogens is 440 g/mol. The molecule has 5 nitrogen and oxygen atoms in total. The van der Waals surface area contributed by atoms with Gasteiger partial charge in [0.1, 0.15) is 11.5 Å². The molecule has 0 radical (unpaired) electrons. The van der Waals surface area contributed by atoms with Crippen molar-refractivity contribution in [2.24, 2.45) is 0 Å². The predicted octanol–water partition coefficient (Wildman–Crippen LogP) is 5.24. The van der Waals surface area contributed by atoms with Crippen molar-refractivity contribution in [3.63, 3.8) is 0 Å². The van der Waals surface area contributed by atoms with E-state index >= 15 is 0 Å². The summed E-state index contributed by atoms with van der Waals surface area (Å²) in [5.41, 5.74) is -0.785. The Morgan fingerprint density at radius 1 is 0.970 bits per heavy atom. The summed E-state index contributed by atoms with van der Waals surface area (Å²) in [5, 5.41) is 2.69. The number of alkyl halides is 3. The number of halogens is 4. The number of nitrogens with zero attached hydrogens (tertiary/aromatic N) is 1. The third-order valence-electron chi connectivity index (χ3n) is 5.07. The number of rotatable bonds is 10. The van der Waals surface area contributed by atoms with Crippen LogP contribution in [-0.2, 0) is 20.5 Å². The minimum Gasteiger partial charge on any atom is -0.381 e. The number of hydrogen-bond donors (Lipinski definition) is 1. The minimum absolute atomic E-state index is 0.00494. The van der Waals surface area contributed by atoms with Crippen LogP contribution in [-0.4, -0.2) is 36.5 Å². The molecule has 176 valence electrons. The molecule has 0 saturated carbocycles. The molecule has 0 saturated heterocycles. The number of nitrogens with one attached hydrogen (secondary N) is 1. The summed E-state index contributed by atoms with van der Waals surface area (Å²) in [7, 11) is 0. The highest BCUT2D eigenvalue weighted by Gasteiger charge is 2.39. The van der Waals surface area contributed by atoms with E-state index in [9.17, 15) is 27.2 Å². The van der Waals surface area contributed by atoms with E-state index in [0.29, 0.717) is 19.6 Å². The Morgan fingerprint density at radius 2 is 1.67 bits per heavy atom. The quantitative estimate of drug-likeness (QED) is 0.297. The summed E-state index contributed by atoms with van der Waals surface area (Å²) in [4.78, 5) is 27.2. The molecule has 2 aromatic rings. The number of amides is 2. The maximum Gasteiger partial charge on any atom is 0.416 e. The van der Waals surface area contributed by atoms with Crippen LogP contribution in [0, 0.1) is 5.82 Å². The van der Waals surface area contributed by atoms with Crippen LogP contribution in [0.5, 0.6) is 0 Å². The Hall–Kier alpha value is -3.20. The average molecular weight is 464 g/mol. The van der Waals surface area contributed by atoms with Gasteiger partial charge < -0.3 is 10.1 Å². The lowest BCUT2D eigenvalue weighted by atomic mass is 10.0. The third-order valence-corrected chi connectivity index (χ3v) is 5.07. The van der Waals surface area contributed by atoms with E-state index < -0.39 is 29.4 Å². The third kappa shape index (κ3) is 5.98. The van der Waals surface area contributed by atoms with Gasteiger partial charge in [-0.2, -0.15) is 13.2 Å². The summed E-state index contributed by atoms with van der Waals surface area (Å²) >= 11 is 0. The highest BCUT2D eigenvalue weighted by Crippen LogP contribution is 2.34. The second kappa shape index (κ2) is 10.6. The molecule has 1 N–H and O–H groups in total. The molecule has 1 aliphatic heterocycles. The van der Waals surface area contributed by atoms with Gasteiger partial charge in [0.2, 0.25) is 0 Å². The van der Waals surface area contributed by atoms with E-state index in [4.69, 9.17) is 4.74 Å². The van der Waals surface area contributed by atoms with Crippen LogP contribution in [0.3, 0.4) is 0 Å². The predicted molar refractivity (Wildman–Crippen MR) is 115 cm³/mol. The van der Waals surface area contributed by atoms with Gasteiger partial charge in [0.15, 0.2) is 0 Å². The largest absolute Gasteiger partial charge is 0.416 e. The maximum atomic E-state index is 13.4. The molecule has 1 heterocycles. The van der Waals surface area contributed by atoms with E-state index in [0.717, 1.165) is 42.0 Å². The Kier molecular flexibility index (Phi) is 7.86. The molecule has 0 atom stereocenters. The van der Waals surface area contributed by atoms with Gasteiger partial charge in [-0.15, -0.1) is 0 Å². The van der Waals surface area contributed by atoms with E-state index in [-0.39, 0.29) is 29.1 Å². The number of carbonyl (C=O) groups is 2. The first-order valence-corrected chi connectivity index (χ1v) is 10.6. The Labute approximate surface area is 189 Å². The standard InChI is InChI=1S/C24H24F4N2O3/c1-2-3-13-33-14-5-12-30-22(31)20(16-8-10-18(25)11-9-16)21(23(30)32)29-19-7-4-6-17(15-19)24(26,27)28/h4,6-11,15,29H,2-3,5,12-14H2,1H3. The second-order valence-electron chi connectivity index (χ2n) is 7.54. The summed E-state index contributed by atoms with van der Waals surface area (Å²) in [6.07, 6.45) is -2.26. The summed E-state index contributed by atoms with van der Waals surface area (Å²) in [6, 6.07) is 9.33. The fraction of sp³-hybridized carbons (Fsp3) is 0.333. The number of carbonyl (C=O) groups excluding carboxylic acids is 2. The zero-order valence-corrected chi connectivity index (χ0v) is 18.0. The fourth-order valence-corrected chi connectivity index (χ4v) is 3.37. The molecule has 2 aromatic carbocycles. The highest BCUT2D eigenvalue weighted by atomic mass is 19.4. The fourth-order valence-electron chi connectivity index (χ4n) is 3.37. The lowest BCUT2D eigenvalue weighted by Gasteiger charge is -2.15. The Morgan fingerprint density at radius 3 is 2.33 bits per heavy atom. The van der Waals surface area contributed by atoms with Crippen molar-refractivity contribution in [3.05, 3.63) is 71.2 Å². The number of hydrogen-bond acceptors (Lipinski definition) is 4. The lowest BCUT2D eigenvalue weighted by molar-refractivity contribution is -0.138. The van der Waals surface area contributed by atoms with Gasteiger partial charge in [-0.3, -0.25) is 14.5 Å². The van der Waals surface area contributed by atoms with Gasteiger partial charge >= 0.3 is 6.18 Å². The first-order valence-electron chi connectivity index (χ1n) is 10.6. The highest BCUT2D eigenvalue weighted by molar-refractivity contribution is 6.36. The summed E-state index contributed by atoms with van der Waals surface area (Å²) in [6.45, 7) is 3.06. The summed E-state index contributed by atoms with van der Waals surface area (Å²) in [5.74, 6) is -1.79. The molecule has 2 amide bonds. The van der Waals surface area contributed by atoms with Gasteiger partial charge in [-0.1, -0.05) is 31.5 Å². The molecular formula is C24H24F4N2O3. The van der Waals surface area contributed by atoms with Gasteiger partial charge in [0.25, 0.3) is 11.8 Å². The van der Waals surface area contributed by atoms with E-state index in [1.807, 2.05) is 6.92 Å². The second-order valence-corrected chi connectivity index (χ2v) is 7.54. The number of benzene rings is 2. The number of imide groups is 1. The summed E-state index contributed by atoms with van der Waals surface area (Å²) < 4.78 is 58.2. The van der Waals surface area contributed by atoms with Crippen LogP contribution in [0.4, 0.5) is 23.2 Å². The monoisotopic (exact) mass is 464 g/mol. The first-order chi connectivity index (χ1) is 15.7. The molecule has 9 heteroatoms. The minimum atomic E-state index is -4.56. The zero-order valence-electron chi connectivity index (χ0n) is 18.0. The van der Waals surface area contributed by atoms with Crippen molar-refractivity contribution in [2.45, 2.75) is 32.4 Å². The zero-order chi connectivity index (χ0) is 24.0. The maximum absolute atomic E-state index is 13.4. The van der Waals surface area contributed by atoms with Crippen LogP contribution < -0.4 is 5.32 Å². The molecule has 0 spiro atoms. The molecule has 0 aromatic heterocycles. The van der Waals surface area contributed by atoms with Gasteiger partial charge in [0, 0.05) is 25.4 Å². The molecule has 33 heavy (non-hydrogen) atoms. The van der Waals surface area contributed by atoms with Crippen LogP contribution >= 0.6 is 0 Å². The van der Waals surface area contributed by atoms with Crippen LogP contribution in [0.25, 0.3) is 5.57 Å². The Balaban J connectivity index is 1.87. The van der Waals surface area contributed by atoms with Gasteiger partial charge in [0.05, 0.1) is 11.1 Å². The number of anilines is 1. The van der Waals surface area contributed by atoms with Crippen LogP contribution in [0.2, 0.25) is 0 Å². The van der Waals surface area contributed by atoms with E-state index in [1.54, 1.807) is 0 Å². The van der Waals surface area contributed by atoms with E-state index in [1.165, 1.54) is 24.3 Å². The van der Waals surface area contributed by atoms with Crippen LogP contribution in [0.15, 0.2) is 54.2 Å². The average Bonchev–Trinajstić information content (AvgIpc) is 3.00. The van der Waals surface area contributed by atoms with Crippen molar-refractivity contribution in [2.75, 3.05) is 25.1 Å². The smallest absolute Gasteiger partial charge is 0.381 e. The van der Waals surface area contributed by atoms with Gasteiger partial charge in [-0.05, 0) is 48.7 Å². The van der Waals surface area contributed by atoms with Crippen molar-refractivity contribution in [1.29, 1.82) is 0 Å². The molecule has 0 fully saturated rings.